The molecule has 0 bridgehead atoms. The van der Waals surface area contributed by atoms with Crippen molar-refractivity contribution in [1.29, 1.82) is 0 Å². The van der Waals surface area contributed by atoms with Crippen molar-refractivity contribution in [2.45, 2.75) is 18.2 Å². The van der Waals surface area contributed by atoms with E-state index in [1.54, 1.807) is 6.92 Å². The fourth-order valence-electron chi connectivity index (χ4n) is 3.34. The van der Waals surface area contributed by atoms with Crippen LogP contribution >= 0.6 is 0 Å². The average Bonchev–Trinajstić information content (AvgIpc) is 2.69. The highest BCUT2D eigenvalue weighted by molar-refractivity contribution is 7.89. The van der Waals surface area contributed by atoms with Gasteiger partial charge in [-0.3, -0.25) is 10.1 Å². The third kappa shape index (κ3) is 5.31. The van der Waals surface area contributed by atoms with E-state index in [2.05, 4.69) is 33.7 Å². The number of anilines is 1. The Morgan fingerprint density at radius 3 is 2.34 bits per heavy atom. The van der Waals surface area contributed by atoms with Crippen molar-refractivity contribution in [2.24, 2.45) is 0 Å². The molecule has 2 aromatic rings. The molecule has 0 aliphatic carbocycles. The normalized spacial score (nSPS) is 15.4. The van der Waals surface area contributed by atoms with Gasteiger partial charge in [-0.05, 0) is 43.7 Å². The zero-order chi connectivity index (χ0) is 21.0. The van der Waals surface area contributed by atoms with Crippen molar-refractivity contribution in [3.8, 4) is 0 Å². The number of nitro benzene ring substituents is 1. The predicted molar refractivity (Wildman–Crippen MR) is 113 cm³/mol. The van der Waals surface area contributed by atoms with Crippen LogP contribution in [0.25, 0.3) is 0 Å². The quantitative estimate of drug-likeness (QED) is 0.547. The summed E-state index contributed by atoms with van der Waals surface area (Å²) in [6.07, 6.45) is 0.538. The molecular weight excluding hydrogens is 392 g/mol. The van der Waals surface area contributed by atoms with Crippen LogP contribution in [-0.2, 0) is 16.4 Å². The van der Waals surface area contributed by atoms with E-state index in [4.69, 9.17) is 0 Å². The Labute approximate surface area is 171 Å². The molecule has 9 heteroatoms. The van der Waals surface area contributed by atoms with Gasteiger partial charge >= 0.3 is 0 Å². The van der Waals surface area contributed by atoms with E-state index in [0.29, 0.717) is 12.0 Å². The number of piperazine rings is 1. The van der Waals surface area contributed by atoms with Crippen LogP contribution in [0.3, 0.4) is 0 Å². The minimum Gasteiger partial charge on any atom is -0.369 e. The average molecular weight is 419 g/mol. The Balaban J connectivity index is 1.59. The van der Waals surface area contributed by atoms with Crippen LogP contribution < -0.4 is 9.62 Å². The summed E-state index contributed by atoms with van der Waals surface area (Å²) in [6, 6.07) is 12.0. The molecule has 0 saturated carbocycles. The molecule has 8 nitrogen and oxygen atoms in total. The Kier molecular flexibility index (Phi) is 6.51. The third-order valence-electron chi connectivity index (χ3n) is 5.18. The number of benzene rings is 2. The lowest BCUT2D eigenvalue weighted by Gasteiger charge is -2.34. The van der Waals surface area contributed by atoms with Crippen molar-refractivity contribution in [1.82, 2.24) is 9.62 Å². The zero-order valence-corrected chi connectivity index (χ0v) is 17.5. The number of sulfonamides is 1. The van der Waals surface area contributed by atoms with E-state index in [0.717, 1.165) is 37.8 Å². The molecule has 0 unspecified atom stereocenters. The lowest BCUT2D eigenvalue weighted by Crippen LogP contribution is -2.44. The van der Waals surface area contributed by atoms with Crippen LogP contribution in [0.1, 0.15) is 11.1 Å². The molecule has 0 spiro atoms. The highest BCUT2D eigenvalue weighted by atomic mass is 32.2. The molecule has 156 valence electrons. The molecule has 29 heavy (non-hydrogen) atoms. The second kappa shape index (κ2) is 8.89. The Hall–Kier alpha value is -2.49. The van der Waals surface area contributed by atoms with Gasteiger partial charge in [-0.25, -0.2) is 13.1 Å². The summed E-state index contributed by atoms with van der Waals surface area (Å²) in [5.41, 5.74) is 2.44. The van der Waals surface area contributed by atoms with Gasteiger partial charge < -0.3 is 9.80 Å². The van der Waals surface area contributed by atoms with Crippen LogP contribution in [0.5, 0.6) is 0 Å². The molecule has 1 fully saturated rings. The maximum atomic E-state index is 12.6. The first-order chi connectivity index (χ1) is 13.8. The molecule has 0 amide bonds. The number of rotatable bonds is 7. The van der Waals surface area contributed by atoms with E-state index >= 15 is 0 Å². The van der Waals surface area contributed by atoms with Gasteiger partial charge in [0.15, 0.2) is 0 Å². The molecule has 1 aliphatic heterocycles. The molecular formula is C20H26N4O4S. The first-order valence-electron chi connectivity index (χ1n) is 9.53. The van der Waals surface area contributed by atoms with E-state index in [1.807, 2.05) is 12.1 Å². The Bertz CT molecular complexity index is 968. The van der Waals surface area contributed by atoms with Crippen LogP contribution in [0.15, 0.2) is 47.4 Å². The van der Waals surface area contributed by atoms with E-state index in [9.17, 15) is 18.5 Å². The molecule has 1 aliphatic rings. The number of nitro groups is 1. The van der Waals surface area contributed by atoms with Gasteiger partial charge in [0, 0.05) is 50.5 Å². The van der Waals surface area contributed by atoms with Gasteiger partial charge in [-0.2, -0.15) is 0 Å². The fourth-order valence-corrected chi connectivity index (χ4v) is 4.63. The maximum absolute atomic E-state index is 12.6. The zero-order valence-electron chi connectivity index (χ0n) is 16.7. The van der Waals surface area contributed by atoms with Crippen molar-refractivity contribution in [3.05, 3.63) is 63.7 Å². The minimum atomic E-state index is -3.81. The summed E-state index contributed by atoms with van der Waals surface area (Å²) < 4.78 is 27.7. The number of aryl methyl sites for hydroxylation is 1. The molecule has 3 rings (SSSR count). The summed E-state index contributed by atoms with van der Waals surface area (Å²) in [4.78, 5) is 14.9. The monoisotopic (exact) mass is 418 g/mol. The van der Waals surface area contributed by atoms with Gasteiger partial charge in [-0.15, -0.1) is 0 Å². The van der Waals surface area contributed by atoms with Gasteiger partial charge in [0.05, 0.1) is 9.82 Å². The first kappa shape index (κ1) is 21.2. The van der Waals surface area contributed by atoms with Crippen molar-refractivity contribution >= 4 is 21.4 Å². The highest BCUT2D eigenvalue weighted by Crippen LogP contribution is 2.22. The number of nitrogens with zero attached hydrogens (tertiary/aromatic N) is 3. The van der Waals surface area contributed by atoms with Crippen molar-refractivity contribution < 1.29 is 13.3 Å². The first-order valence-corrected chi connectivity index (χ1v) is 11.0. The Morgan fingerprint density at radius 2 is 1.72 bits per heavy atom. The summed E-state index contributed by atoms with van der Waals surface area (Å²) in [5.74, 6) is 0. The summed E-state index contributed by atoms with van der Waals surface area (Å²) in [7, 11) is -1.69. The topological polar surface area (TPSA) is 95.8 Å². The second-order valence-corrected chi connectivity index (χ2v) is 9.05. The smallest absolute Gasteiger partial charge is 0.270 e. The van der Waals surface area contributed by atoms with Gasteiger partial charge in [0.1, 0.15) is 0 Å². The van der Waals surface area contributed by atoms with Gasteiger partial charge in [0.2, 0.25) is 10.0 Å². The number of nitrogens with one attached hydrogen (secondary N) is 1. The lowest BCUT2D eigenvalue weighted by molar-refractivity contribution is -0.385. The number of likely N-dealkylation sites (N-methyl/N-ethyl adjacent to an activating group) is 1. The molecule has 0 aromatic heterocycles. The lowest BCUT2D eigenvalue weighted by atomic mass is 10.1. The van der Waals surface area contributed by atoms with Crippen molar-refractivity contribution in [3.63, 3.8) is 0 Å². The largest absolute Gasteiger partial charge is 0.369 e. The van der Waals surface area contributed by atoms with Crippen LogP contribution in [0, 0.1) is 17.0 Å². The standard InChI is InChI=1S/C20H26N4O4S/c1-16-3-6-19(24(25)26)15-20(16)29(27,28)21-10-9-17-4-7-18(8-5-17)23-13-11-22(2)12-14-23/h3-8,15,21H,9-14H2,1-2H3. The molecule has 0 atom stereocenters. The summed E-state index contributed by atoms with van der Waals surface area (Å²) in [6.45, 7) is 5.92. The Morgan fingerprint density at radius 1 is 1.07 bits per heavy atom. The van der Waals surface area contributed by atoms with Crippen molar-refractivity contribution in [2.75, 3.05) is 44.7 Å². The van der Waals surface area contributed by atoms with Crippen LogP contribution in [0.2, 0.25) is 0 Å². The molecule has 1 N–H and O–H groups in total. The number of hydrogen-bond donors (Lipinski definition) is 1. The third-order valence-corrected chi connectivity index (χ3v) is 6.79. The van der Waals surface area contributed by atoms with Crippen LogP contribution in [0.4, 0.5) is 11.4 Å². The summed E-state index contributed by atoms with van der Waals surface area (Å²) >= 11 is 0. The number of non-ortho nitro benzene ring substituents is 1. The predicted octanol–water partition coefficient (Wildman–Crippen LogP) is 2.18. The minimum absolute atomic E-state index is 0.0582. The van der Waals surface area contributed by atoms with Crippen LogP contribution in [-0.4, -0.2) is 58.0 Å². The molecule has 1 heterocycles. The summed E-state index contributed by atoms with van der Waals surface area (Å²) in [5, 5.41) is 10.9. The van der Waals surface area contributed by atoms with Gasteiger partial charge in [-0.1, -0.05) is 18.2 Å². The maximum Gasteiger partial charge on any atom is 0.270 e. The fraction of sp³-hybridized carbons (Fsp3) is 0.400. The second-order valence-electron chi connectivity index (χ2n) is 7.31. The van der Waals surface area contributed by atoms with E-state index in [-0.39, 0.29) is 17.1 Å². The number of hydrogen-bond acceptors (Lipinski definition) is 6. The van der Waals surface area contributed by atoms with E-state index in [1.165, 1.54) is 17.8 Å². The molecule has 2 aromatic carbocycles. The highest BCUT2D eigenvalue weighted by Gasteiger charge is 2.20. The SMILES string of the molecule is Cc1ccc([N+](=O)[O-])cc1S(=O)(=O)NCCc1ccc(N2CCN(C)CC2)cc1. The van der Waals surface area contributed by atoms with Gasteiger partial charge in [0.25, 0.3) is 5.69 Å². The molecule has 1 saturated heterocycles. The van der Waals surface area contributed by atoms with E-state index < -0.39 is 14.9 Å². The molecule has 0 radical (unpaired) electrons.